The molecule has 0 radical (unpaired) electrons. The maximum atomic E-state index is 13.8. The van der Waals surface area contributed by atoms with Gasteiger partial charge in [0.15, 0.2) is 5.60 Å². The smallest absolute Gasteiger partial charge is 0.379 e. The second-order valence-corrected chi connectivity index (χ2v) is 8.07. The second kappa shape index (κ2) is 8.20. The molecule has 1 aliphatic carbocycles. The molecular weight excluding hydrogens is 446 g/mol. The van der Waals surface area contributed by atoms with Gasteiger partial charge in [0, 0.05) is 17.8 Å². The molecule has 0 heterocycles. The molecule has 3 rings (SSSR count). The van der Waals surface area contributed by atoms with E-state index in [1.165, 1.54) is 17.0 Å². The van der Waals surface area contributed by atoms with Gasteiger partial charge in [0.2, 0.25) is 0 Å². The summed E-state index contributed by atoms with van der Waals surface area (Å²) >= 11 is 0. The highest BCUT2D eigenvalue weighted by atomic mass is 19.4. The van der Waals surface area contributed by atoms with Crippen LogP contribution in [0.15, 0.2) is 48.5 Å². The normalized spacial score (nSPS) is 22.2. The lowest BCUT2D eigenvalue weighted by Gasteiger charge is -2.41. The first-order valence-corrected chi connectivity index (χ1v) is 9.83. The van der Waals surface area contributed by atoms with Crippen LogP contribution in [0.1, 0.15) is 36.0 Å². The number of rotatable bonds is 5. The summed E-state index contributed by atoms with van der Waals surface area (Å²) in [5.41, 5.74) is -3.37. The number of hydrogen-bond acceptors (Lipinski definition) is 2. The molecule has 2 aromatic carbocycles. The first-order chi connectivity index (χ1) is 14.7. The van der Waals surface area contributed by atoms with E-state index < -0.39 is 48.4 Å². The van der Waals surface area contributed by atoms with E-state index in [0.29, 0.717) is 23.4 Å². The van der Waals surface area contributed by atoms with Gasteiger partial charge in [-0.1, -0.05) is 30.3 Å². The summed E-state index contributed by atoms with van der Waals surface area (Å²) in [4.78, 5) is 1.23. The molecule has 0 bridgehead atoms. The van der Waals surface area contributed by atoms with E-state index in [2.05, 4.69) is 0 Å². The van der Waals surface area contributed by atoms with E-state index >= 15 is 0 Å². The minimum Gasteiger partial charge on any atom is -0.379 e. The number of benzene rings is 2. The molecule has 2 unspecified atom stereocenters. The Bertz CT molecular complexity index is 955. The van der Waals surface area contributed by atoms with E-state index in [-0.39, 0.29) is 18.4 Å². The Kier molecular flexibility index (Phi) is 6.23. The van der Waals surface area contributed by atoms with Crippen LogP contribution in [-0.2, 0) is 12.5 Å². The zero-order chi connectivity index (χ0) is 23.9. The fourth-order valence-electron chi connectivity index (χ4n) is 4.13. The predicted octanol–water partition coefficient (Wildman–Crippen LogP) is 6.50. The molecule has 10 heteroatoms. The maximum absolute atomic E-state index is 13.8. The van der Waals surface area contributed by atoms with Gasteiger partial charge in [-0.2, -0.15) is 35.1 Å². The molecule has 0 aromatic heterocycles. The molecular formula is C22H21F8NO. The molecule has 2 nitrogen and oxygen atoms in total. The van der Waals surface area contributed by atoms with Crippen molar-refractivity contribution >= 4 is 5.69 Å². The van der Waals surface area contributed by atoms with Crippen molar-refractivity contribution in [1.82, 2.24) is 0 Å². The summed E-state index contributed by atoms with van der Waals surface area (Å²) in [6.45, 7) is 1.31. The van der Waals surface area contributed by atoms with Crippen molar-refractivity contribution in [2.45, 2.75) is 62.6 Å². The van der Waals surface area contributed by atoms with Crippen molar-refractivity contribution in [1.29, 1.82) is 0 Å². The van der Waals surface area contributed by atoms with Crippen LogP contribution in [0.5, 0.6) is 0 Å². The zero-order valence-electron chi connectivity index (χ0n) is 16.9. The second-order valence-electron chi connectivity index (χ2n) is 8.07. The Balaban J connectivity index is 2.05. The van der Waals surface area contributed by atoms with Crippen molar-refractivity contribution in [2.24, 2.45) is 0 Å². The van der Waals surface area contributed by atoms with E-state index in [0.717, 1.165) is 6.07 Å². The molecule has 2 aromatic rings. The van der Waals surface area contributed by atoms with Crippen molar-refractivity contribution in [3.05, 3.63) is 65.2 Å². The predicted molar refractivity (Wildman–Crippen MR) is 102 cm³/mol. The highest BCUT2D eigenvalue weighted by Crippen LogP contribution is 2.47. The van der Waals surface area contributed by atoms with Crippen molar-refractivity contribution in [3.8, 4) is 0 Å². The van der Waals surface area contributed by atoms with Gasteiger partial charge < -0.3 is 10.0 Å². The lowest BCUT2D eigenvalue weighted by atomic mass is 9.94. The Morgan fingerprint density at radius 2 is 1.62 bits per heavy atom. The van der Waals surface area contributed by atoms with E-state index in [9.17, 15) is 40.2 Å². The molecule has 0 amide bonds. The summed E-state index contributed by atoms with van der Waals surface area (Å²) in [6, 6.07) is 8.47. The van der Waals surface area contributed by atoms with Gasteiger partial charge in [0.05, 0.1) is 6.04 Å². The number of nitrogens with zero attached hydrogens (tertiary/aromatic N) is 1. The van der Waals surface area contributed by atoms with Gasteiger partial charge >= 0.3 is 18.3 Å². The van der Waals surface area contributed by atoms with Gasteiger partial charge in [-0.05, 0) is 55.5 Å². The van der Waals surface area contributed by atoms with Crippen LogP contribution in [0.4, 0.5) is 40.8 Å². The quantitative estimate of drug-likeness (QED) is 0.508. The van der Waals surface area contributed by atoms with Gasteiger partial charge in [-0.3, -0.25) is 0 Å². The first-order valence-electron chi connectivity index (χ1n) is 9.83. The highest BCUT2D eigenvalue weighted by molar-refractivity contribution is 5.51. The van der Waals surface area contributed by atoms with Crippen molar-refractivity contribution < 1.29 is 40.2 Å². The molecule has 0 spiro atoms. The van der Waals surface area contributed by atoms with Crippen molar-refractivity contribution in [2.75, 3.05) is 4.90 Å². The average Bonchev–Trinajstić information content (AvgIpc) is 3.08. The van der Waals surface area contributed by atoms with Crippen LogP contribution in [0.2, 0.25) is 0 Å². The summed E-state index contributed by atoms with van der Waals surface area (Å²) in [6.07, 6.45) is -11.2. The summed E-state index contributed by atoms with van der Waals surface area (Å²) in [5.74, 6) is -5.11. The SMILES string of the molecule is Cc1cccc(N(Cc2cccc(C(F)(F)C(F)(F)F)c2)C2CCCC2(O)C(F)(F)F)c1. The van der Waals surface area contributed by atoms with Crippen LogP contribution in [0, 0.1) is 6.92 Å². The number of hydrogen-bond donors (Lipinski definition) is 1. The third kappa shape index (κ3) is 4.42. The summed E-state index contributed by atoms with van der Waals surface area (Å²) < 4.78 is 107. The average molecular weight is 467 g/mol. The van der Waals surface area contributed by atoms with E-state index in [1.54, 1.807) is 25.1 Å². The van der Waals surface area contributed by atoms with Crippen LogP contribution >= 0.6 is 0 Å². The standard InChI is InChI=1S/C22H21F8NO/c1-14-5-2-8-17(11-14)31(18-9-4-10-19(18,32)21(25,26)27)13-15-6-3-7-16(12-15)20(23,24)22(28,29)30/h2-3,5-8,11-12,18,32H,4,9-10,13H2,1H3. The monoisotopic (exact) mass is 467 g/mol. The molecule has 1 fully saturated rings. The van der Waals surface area contributed by atoms with E-state index in [4.69, 9.17) is 0 Å². The molecule has 2 atom stereocenters. The number of aryl methyl sites for hydroxylation is 1. The molecule has 1 aliphatic rings. The van der Waals surface area contributed by atoms with Crippen LogP contribution in [0.25, 0.3) is 0 Å². The number of aliphatic hydroxyl groups is 1. The van der Waals surface area contributed by atoms with Crippen LogP contribution in [-0.4, -0.2) is 29.1 Å². The third-order valence-electron chi connectivity index (χ3n) is 5.79. The highest BCUT2D eigenvalue weighted by Gasteiger charge is 2.62. The van der Waals surface area contributed by atoms with Crippen LogP contribution < -0.4 is 4.90 Å². The van der Waals surface area contributed by atoms with E-state index in [1.807, 2.05) is 0 Å². The fourth-order valence-corrected chi connectivity index (χ4v) is 4.13. The van der Waals surface area contributed by atoms with Gasteiger partial charge in [-0.25, -0.2) is 0 Å². The topological polar surface area (TPSA) is 23.5 Å². The molecule has 0 saturated heterocycles. The Morgan fingerprint density at radius 1 is 0.969 bits per heavy atom. The third-order valence-corrected chi connectivity index (χ3v) is 5.79. The lowest BCUT2D eigenvalue weighted by molar-refractivity contribution is -0.289. The summed E-state index contributed by atoms with van der Waals surface area (Å²) in [7, 11) is 0. The molecule has 1 N–H and O–H groups in total. The minimum atomic E-state index is -5.82. The summed E-state index contributed by atoms with van der Waals surface area (Å²) in [5, 5.41) is 10.5. The molecule has 1 saturated carbocycles. The Labute approximate surface area is 179 Å². The Hall–Kier alpha value is -2.36. The molecule has 0 aliphatic heterocycles. The minimum absolute atomic E-state index is 0.0254. The number of anilines is 1. The van der Waals surface area contributed by atoms with Gasteiger partial charge in [0.25, 0.3) is 0 Å². The lowest BCUT2D eigenvalue weighted by Crippen LogP contribution is -2.57. The van der Waals surface area contributed by atoms with Gasteiger partial charge in [0.1, 0.15) is 0 Å². The number of alkyl halides is 8. The molecule has 32 heavy (non-hydrogen) atoms. The van der Waals surface area contributed by atoms with Gasteiger partial charge in [-0.15, -0.1) is 0 Å². The maximum Gasteiger partial charge on any atom is 0.458 e. The largest absolute Gasteiger partial charge is 0.458 e. The van der Waals surface area contributed by atoms with Crippen LogP contribution in [0.3, 0.4) is 0 Å². The first kappa shape index (κ1) is 24.3. The zero-order valence-corrected chi connectivity index (χ0v) is 16.9. The van der Waals surface area contributed by atoms with Crippen molar-refractivity contribution in [3.63, 3.8) is 0 Å². The Morgan fingerprint density at radius 3 is 2.22 bits per heavy atom. The number of halogens is 8. The molecule has 176 valence electrons. The fraction of sp³-hybridized carbons (Fsp3) is 0.455.